The summed E-state index contributed by atoms with van der Waals surface area (Å²) in [6, 6.07) is 8.64. The fourth-order valence-corrected chi connectivity index (χ4v) is 4.00. The van der Waals surface area contributed by atoms with Crippen LogP contribution in [0.5, 0.6) is 0 Å². The minimum atomic E-state index is -1.57. The predicted molar refractivity (Wildman–Crippen MR) is 83.9 cm³/mol. The highest BCUT2D eigenvalue weighted by molar-refractivity contribution is 9.10. The van der Waals surface area contributed by atoms with Gasteiger partial charge in [-0.2, -0.15) is 10.5 Å². The maximum atomic E-state index is 12.5. The van der Waals surface area contributed by atoms with Crippen molar-refractivity contribution in [3.8, 4) is 12.1 Å². The van der Waals surface area contributed by atoms with Crippen molar-refractivity contribution in [2.45, 2.75) is 16.9 Å². The van der Waals surface area contributed by atoms with E-state index in [4.69, 9.17) is 5.11 Å². The highest BCUT2D eigenvalue weighted by Crippen LogP contribution is 2.52. The van der Waals surface area contributed by atoms with E-state index in [1.54, 1.807) is 18.2 Å². The zero-order valence-corrected chi connectivity index (χ0v) is 13.7. The summed E-state index contributed by atoms with van der Waals surface area (Å²) >= 11 is 4.10. The van der Waals surface area contributed by atoms with Crippen LogP contribution in [0.2, 0.25) is 0 Å². The Morgan fingerprint density at radius 1 is 1.45 bits per heavy atom. The lowest BCUT2D eigenvalue weighted by atomic mass is 9.87. The first-order valence-electron chi connectivity index (χ1n) is 6.18. The number of carboxylic acids is 1. The lowest BCUT2D eigenvalue weighted by molar-refractivity contribution is -0.136. The molecule has 0 saturated carbocycles. The van der Waals surface area contributed by atoms with Crippen molar-refractivity contribution < 1.29 is 14.7 Å². The van der Waals surface area contributed by atoms with Gasteiger partial charge in [0, 0.05) is 15.7 Å². The standard InChI is InChI=1S/C14H10BrN3O3S/c1-7(12(19)20)22-14(8(5-16)6-17)10-4-9(15)2-3-11(10)18-13(14)21/h2-4,7-8H,1H3,(H,18,21)(H,19,20). The molecule has 0 aliphatic carbocycles. The van der Waals surface area contributed by atoms with Gasteiger partial charge in [-0.1, -0.05) is 15.9 Å². The number of anilines is 1. The third kappa shape index (κ3) is 2.45. The largest absolute Gasteiger partial charge is 0.480 e. The molecule has 0 saturated heterocycles. The Balaban J connectivity index is 2.68. The summed E-state index contributed by atoms with van der Waals surface area (Å²) in [5, 5.41) is 29.4. The number of nitrogens with zero attached hydrogens (tertiary/aromatic N) is 2. The molecule has 0 spiro atoms. The second-order valence-corrected chi connectivity index (χ2v) is 7.17. The Hall–Kier alpha value is -2.03. The summed E-state index contributed by atoms with van der Waals surface area (Å²) in [6.07, 6.45) is 0. The smallest absolute Gasteiger partial charge is 0.316 e. The van der Waals surface area contributed by atoms with Gasteiger partial charge >= 0.3 is 5.97 Å². The van der Waals surface area contributed by atoms with Gasteiger partial charge in [0.15, 0.2) is 10.7 Å². The molecule has 8 heteroatoms. The molecule has 2 atom stereocenters. The van der Waals surface area contributed by atoms with Gasteiger partial charge in [-0.3, -0.25) is 9.59 Å². The van der Waals surface area contributed by atoms with E-state index in [2.05, 4.69) is 21.2 Å². The average molecular weight is 380 g/mol. The molecule has 1 aliphatic heterocycles. The van der Waals surface area contributed by atoms with Crippen LogP contribution in [0.3, 0.4) is 0 Å². The molecule has 1 aromatic rings. The van der Waals surface area contributed by atoms with Crippen LogP contribution in [0, 0.1) is 28.6 Å². The number of thioether (sulfide) groups is 1. The van der Waals surface area contributed by atoms with E-state index in [9.17, 15) is 20.1 Å². The fraction of sp³-hybridized carbons (Fsp3) is 0.286. The molecule has 2 rings (SSSR count). The summed E-state index contributed by atoms with van der Waals surface area (Å²) in [5.74, 6) is -2.98. The Labute approximate surface area is 139 Å². The third-order valence-corrected chi connectivity index (χ3v) is 5.40. The number of hydrogen-bond donors (Lipinski definition) is 2. The number of benzene rings is 1. The van der Waals surface area contributed by atoms with Crippen LogP contribution < -0.4 is 5.32 Å². The molecule has 22 heavy (non-hydrogen) atoms. The van der Waals surface area contributed by atoms with Crippen LogP contribution in [-0.2, 0) is 14.3 Å². The van der Waals surface area contributed by atoms with Gasteiger partial charge in [0.05, 0.1) is 12.1 Å². The molecule has 0 radical (unpaired) electrons. The van der Waals surface area contributed by atoms with Gasteiger partial charge in [0.25, 0.3) is 0 Å². The van der Waals surface area contributed by atoms with E-state index < -0.39 is 27.8 Å². The number of nitriles is 2. The Kier molecular flexibility index (Phi) is 4.45. The van der Waals surface area contributed by atoms with Crippen LogP contribution in [0.25, 0.3) is 0 Å². The number of aliphatic carboxylic acids is 1. The molecule has 0 aromatic heterocycles. The van der Waals surface area contributed by atoms with Gasteiger partial charge in [-0.15, -0.1) is 11.8 Å². The predicted octanol–water partition coefficient (Wildman–Crippen LogP) is 2.47. The second kappa shape index (κ2) is 5.99. The molecule has 1 heterocycles. The molecule has 1 aliphatic rings. The first-order valence-corrected chi connectivity index (χ1v) is 7.85. The van der Waals surface area contributed by atoms with Crippen LogP contribution in [-0.4, -0.2) is 22.2 Å². The number of hydrogen-bond acceptors (Lipinski definition) is 5. The minimum Gasteiger partial charge on any atom is -0.480 e. The number of carbonyl (C=O) groups is 2. The monoisotopic (exact) mass is 379 g/mol. The van der Waals surface area contributed by atoms with Crippen molar-refractivity contribution in [3.05, 3.63) is 28.2 Å². The van der Waals surface area contributed by atoms with Gasteiger partial charge < -0.3 is 10.4 Å². The maximum absolute atomic E-state index is 12.5. The molecule has 2 N–H and O–H groups in total. The molecule has 0 fully saturated rings. The summed E-state index contributed by atoms with van der Waals surface area (Å²) in [6.45, 7) is 1.42. The number of carboxylic acid groups (broad SMARTS) is 1. The van der Waals surface area contributed by atoms with E-state index in [0.717, 1.165) is 11.8 Å². The summed E-state index contributed by atoms with van der Waals surface area (Å²) in [5.41, 5.74) is 0.923. The van der Waals surface area contributed by atoms with Gasteiger partial charge in [-0.25, -0.2) is 0 Å². The highest BCUT2D eigenvalue weighted by Gasteiger charge is 2.55. The van der Waals surface area contributed by atoms with Gasteiger partial charge in [-0.05, 0) is 25.1 Å². The molecular formula is C14H10BrN3O3S. The summed E-state index contributed by atoms with van der Waals surface area (Å²) < 4.78 is -0.897. The molecular weight excluding hydrogens is 370 g/mol. The number of rotatable bonds is 4. The van der Waals surface area contributed by atoms with Crippen molar-refractivity contribution in [1.29, 1.82) is 10.5 Å². The Morgan fingerprint density at radius 3 is 2.64 bits per heavy atom. The van der Waals surface area contributed by atoms with E-state index in [1.165, 1.54) is 6.92 Å². The highest BCUT2D eigenvalue weighted by atomic mass is 79.9. The molecule has 1 amide bonds. The van der Waals surface area contributed by atoms with Crippen molar-refractivity contribution >= 4 is 45.3 Å². The second-order valence-electron chi connectivity index (χ2n) is 4.67. The number of nitrogens with one attached hydrogen (secondary N) is 1. The first-order chi connectivity index (χ1) is 10.4. The van der Waals surface area contributed by atoms with Crippen LogP contribution in [0.15, 0.2) is 22.7 Å². The quantitative estimate of drug-likeness (QED) is 0.830. The lowest BCUT2D eigenvalue weighted by Gasteiger charge is -2.29. The van der Waals surface area contributed by atoms with E-state index >= 15 is 0 Å². The summed E-state index contributed by atoms with van der Waals surface area (Å²) in [4.78, 5) is 23.7. The van der Waals surface area contributed by atoms with Crippen LogP contribution in [0.1, 0.15) is 12.5 Å². The van der Waals surface area contributed by atoms with E-state index in [1.807, 2.05) is 12.1 Å². The number of fused-ring (bicyclic) bond motifs is 1. The Bertz CT molecular complexity index is 726. The fourth-order valence-electron chi connectivity index (χ4n) is 2.28. The summed E-state index contributed by atoms with van der Waals surface area (Å²) in [7, 11) is 0. The maximum Gasteiger partial charge on any atom is 0.316 e. The molecule has 6 nitrogen and oxygen atoms in total. The Morgan fingerprint density at radius 2 is 2.09 bits per heavy atom. The topological polar surface area (TPSA) is 114 Å². The average Bonchev–Trinajstić information content (AvgIpc) is 2.73. The van der Waals surface area contributed by atoms with Crippen LogP contribution >= 0.6 is 27.7 Å². The van der Waals surface area contributed by atoms with E-state index in [0.29, 0.717) is 15.7 Å². The molecule has 2 unspecified atom stereocenters. The zero-order valence-electron chi connectivity index (χ0n) is 11.3. The number of carbonyl (C=O) groups excluding carboxylic acids is 1. The molecule has 112 valence electrons. The third-order valence-electron chi connectivity index (χ3n) is 3.34. The van der Waals surface area contributed by atoms with Crippen molar-refractivity contribution in [2.75, 3.05) is 5.32 Å². The lowest BCUT2D eigenvalue weighted by Crippen LogP contribution is -2.40. The number of halogens is 1. The SMILES string of the molecule is CC(SC1(C(C#N)C#N)C(=O)Nc2ccc(Br)cc21)C(=O)O. The van der Waals surface area contributed by atoms with Crippen LogP contribution in [0.4, 0.5) is 5.69 Å². The molecule has 0 bridgehead atoms. The zero-order chi connectivity index (χ0) is 16.5. The first kappa shape index (κ1) is 16.3. The minimum absolute atomic E-state index is 0.443. The van der Waals surface area contributed by atoms with Crippen molar-refractivity contribution in [3.63, 3.8) is 0 Å². The van der Waals surface area contributed by atoms with Crippen molar-refractivity contribution in [2.24, 2.45) is 5.92 Å². The van der Waals surface area contributed by atoms with Crippen molar-refractivity contribution in [1.82, 2.24) is 0 Å². The number of amides is 1. The van der Waals surface area contributed by atoms with Gasteiger partial charge in [0.2, 0.25) is 5.91 Å². The molecule has 1 aromatic carbocycles. The van der Waals surface area contributed by atoms with E-state index in [-0.39, 0.29) is 0 Å². The van der Waals surface area contributed by atoms with Gasteiger partial charge in [0.1, 0.15) is 5.25 Å². The normalized spacial score (nSPS) is 20.7.